The first-order valence-corrected chi connectivity index (χ1v) is 7.51. The van der Waals surface area contributed by atoms with Crippen LogP contribution in [0.3, 0.4) is 0 Å². The van der Waals surface area contributed by atoms with Gasteiger partial charge < -0.3 is 15.4 Å². The van der Waals surface area contributed by atoms with Gasteiger partial charge in [0.25, 0.3) is 5.91 Å². The summed E-state index contributed by atoms with van der Waals surface area (Å²) in [6.07, 6.45) is 2.23. The third-order valence-electron chi connectivity index (χ3n) is 4.23. The molecule has 2 heterocycles. The highest BCUT2D eigenvalue weighted by Crippen LogP contribution is 2.17. The third kappa shape index (κ3) is 6.70. The van der Waals surface area contributed by atoms with Gasteiger partial charge in [-0.05, 0) is 38.8 Å². The van der Waals surface area contributed by atoms with Crippen molar-refractivity contribution in [1.29, 1.82) is 0 Å². The van der Waals surface area contributed by atoms with Crippen LogP contribution in [-0.2, 0) is 9.53 Å². The Hall–Kier alpha value is -0.0700. The molecule has 0 spiro atoms. The highest BCUT2D eigenvalue weighted by molar-refractivity contribution is 5.85. The van der Waals surface area contributed by atoms with Crippen molar-refractivity contribution in [1.82, 2.24) is 15.5 Å². The Morgan fingerprint density at radius 3 is 2.62 bits per heavy atom. The number of amides is 1. The number of carbonyl (C=O) groups excluding carboxylic acids is 1. The second kappa shape index (κ2) is 10.6. The van der Waals surface area contributed by atoms with Crippen LogP contribution in [-0.4, -0.2) is 62.3 Å². The largest absolute Gasteiger partial charge is 0.366 e. The zero-order valence-corrected chi connectivity index (χ0v) is 14.6. The van der Waals surface area contributed by atoms with Crippen molar-refractivity contribution in [3.8, 4) is 0 Å². The van der Waals surface area contributed by atoms with E-state index in [-0.39, 0.29) is 36.8 Å². The lowest BCUT2D eigenvalue weighted by Gasteiger charge is -2.35. The molecule has 0 saturated carbocycles. The van der Waals surface area contributed by atoms with Crippen LogP contribution in [0.1, 0.15) is 26.7 Å². The number of nitrogens with zero attached hydrogens (tertiary/aromatic N) is 1. The van der Waals surface area contributed by atoms with Gasteiger partial charge in [0.1, 0.15) is 6.10 Å². The van der Waals surface area contributed by atoms with Gasteiger partial charge in [-0.25, -0.2) is 0 Å². The summed E-state index contributed by atoms with van der Waals surface area (Å²) in [6, 6.07) is 0.410. The maximum absolute atomic E-state index is 11.9. The quantitative estimate of drug-likeness (QED) is 0.802. The standard InChI is InChI=1S/C14H27N3O2.2ClH/c1-11-3-6-17(7-4-11)12(2)9-16-14(18)13-10-15-5-8-19-13;;/h11-13,15H,3-10H2,1-2H3,(H,16,18);2*1H. The van der Waals surface area contributed by atoms with E-state index in [1.54, 1.807) is 0 Å². The van der Waals surface area contributed by atoms with E-state index in [0.29, 0.717) is 25.7 Å². The lowest BCUT2D eigenvalue weighted by molar-refractivity contribution is -0.134. The maximum Gasteiger partial charge on any atom is 0.250 e. The average molecular weight is 342 g/mol. The molecule has 0 aromatic heterocycles. The lowest BCUT2D eigenvalue weighted by atomic mass is 9.98. The smallest absolute Gasteiger partial charge is 0.250 e. The third-order valence-corrected chi connectivity index (χ3v) is 4.23. The molecular weight excluding hydrogens is 313 g/mol. The molecule has 2 aliphatic rings. The summed E-state index contributed by atoms with van der Waals surface area (Å²) in [5, 5.41) is 6.19. The first-order valence-electron chi connectivity index (χ1n) is 7.51. The van der Waals surface area contributed by atoms with Crippen LogP contribution < -0.4 is 10.6 Å². The van der Waals surface area contributed by atoms with Gasteiger partial charge in [-0.3, -0.25) is 9.69 Å². The van der Waals surface area contributed by atoms with E-state index >= 15 is 0 Å². The van der Waals surface area contributed by atoms with Crippen LogP contribution in [0.2, 0.25) is 0 Å². The Kier molecular flexibility index (Phi) is 10.6. The second-order valence-corrected chi connectivity index (χ2v) is 5.88. The van der Waals surface area contributed by atoms with Crippen LogP contribution in [0.4, 0.5) is 0 Å². The summed E-state index contributed by atoms with van der Waals surface area (Å²) in [5.41, 5.74) is 0. The first-order chi connectivity index (χ1) is 9.16. The SMILES string of the molecule is CC1CCN(C(C)CNC(=O)C2CNCCO2)CC1.Cl.Cl. The van der Waals surface area contributed by atoms with Crippen molar-refractivity contribution < 1.29 is 9.53 Å². The number of carbonyl (C=O) groups is 1. The van der Waals surface area contributed by atoms with Crippen LogP contribution in [0.25, 0.3) is 0 Å². The highest BCUT2D eigenvalue weighted by atomic mass is 35.5. The molecule has 2 rings (SSSR count). The van der Waals surface area contributed by atoms with E-state index in [1.165, 1.54) is 12.8 Å². The van der Waals surface area contributed by atoms with Gasteiger partial charge >= 0.3 is 0 Å². The Balaban J connectivity index is 0.00000200. The van der Waals surface area contributed by atoms with Crippen molar-refractivity contribution in [2.24, 2.45) is 5.92 Å². The van der Waals surface area contributed by atoms with Crippen LogP contribution in [0, 0.1) is 5.92 Å². The van der Waals surface area contributed by atoms with Gasteiger partial charge in [0, 0.05) is 25.7 Å². The fourth-order valence-corrected chi connectivity index (χ4v) is 2.69. The molecule has 2 N–H and O–H groups in total. The minimum atomic E-state index is -0.317. The normalized spacial score (nSPS) is 25.3. The molecule has 0 aromatic rings. The van der Waals surface area contributed by atoms with Crippen LogP contribution in [0.5, 0.6) is 0 Å². The maximum atomic E-state index is 11.9. The summed E-state index contributed by atoms with van der Waals surface area (Å²) < 4.78 is 5.44. The number of ether oxygens (including phenoxy) is 1. The topological polar surface area (TPSA) is 53.6 Å². The van der Waals surface area contributed by atoms with Gasteiger partial charge in [0.15, 0.2) is 0 Å². The highest BCUT2D eigenvalue weighted by Gasteiger charge is 2.24. The molecule has 2 atom stereocenters. The predicted octanol–water partition coefficient (Wildman–Crippen LogP) is 1.05. The molecule has 2 aliphatic heterocycles. The Morgan fingerprint density at radius 2 is 2.05 bits per heavy atom. The summed E-state index contributed by atoms with van der Waals surface area (Å²) >= 11 is 0. The van der Waals surface area contributed by atoms with Gasteiger partial charge in [0.2, 0.25) is 0 Å². The number of piperidine rings is 1. The van der Waals surface area contributed by atoms with E-state index < -0.39 is 0 Å². The molecule has 2 fully saturated rings. The average Bonchev–Trinajstić information content (AvgIpc) is 2.46. The lowest BCUT2D eigenvalue weighted by Crippen LogP contribution is -2.51. The molecule has 1 amide bonds. The number of rotatable bonds is 4. The van der Waals surface area contributed by atoms with Gasteiger partial charge in [-0.2, -0.15) is 0 Å². The van der Waals surface area contributed by atoms with Gasteiger partial charge in [-0.1, -0.05) is 6.92 Å². The Labute approximate surface area is 140 Å². The molecule has 0 radical (unpaired) electrons. The summed E-state index contributed by atoms with van der Waals surface area (Å²) in [4.78, 5) is 14.4. The molecule has 0 aliphatic carbocycles. The molecular formula is C14H29Cl2N3O2. The van der Waals surface area contributed by atoms with E-state index in [2.05, 4.69) is 29.4 Å². The van der Waals surface area contributed by atoms with Gasteiger partial charge in [-0.15, -0.1) is 24.8 Å². The number of morpholine rings is 1. The van der Waals surface area contributed by atoms with Crippen molar-refractivity contribution in [2.75, 3.05) is 39.3 Å². The first kappa shape index (κ1) is 20.9. The fraction of sp³-hybridized carbons (Fsp3) is 0.929. The van der Waals surface area contributed by atoms with E-state index in [9.17, 15) is 4.79 Å². The van der Waals surface area contributed by atoms with E-state index in [0.717, 1.165) is 25.6 Å². The second-order valence-electron chi connectivity index (χ2n) is 5.88. The summed E-state index contributed by atoms with van der Waals surface area (Å²) in [5.74, 6) is 0.865. The minimum Gasteiger partial charge on any atom is -0.366 e. The molecule has 7 heteroatoms. The van der Waals surface area contributed by atoms with Crippen molar-refractivity contribution in [3.05, 3.63) is 0 Å². The molecule has 21 heavy (non-hydrogen) atoms. The van der Waals surface area contributed by atoms with Gasteiger partial charge in [0.05, 0.1) is 6.61 Å². The number of nitrogens with one attached hydrogen (secondary N) is 2. The molecule has 126 valence electrons. The summed E-state index contributed by atoms with van der Waals surface area (Å²) in [6.45, 7) is 9.62. The minimum absolute atomic E-state index is 0. The predicted molar refractivity (Wildman–Crippen MR) is 89.5 cm³/mol. The van der Waals surface area contributed by atoms with Crippen molar-refractivity contribution >= 4 is 30.7 Å². The zero-order valence-electron chi connectivity index (χ0n) is 13.0. The van der Waals surface area contributed by atoms with Crippen molar-refractivity contribution in [2.45, 2.75) is 38.8 Å². The molecule has 5 nitrogen and oxygen atoms in total. The van der Waals surface area contributed by atoms with Crippen LogP contribution >= 0.6 is 24.8 Å². The number of hydrogen-bond acceptors (Lipinski definition) is 4. The molecule has 0 aromatic carbocycles. The molecule has 2 saturated heterocycles. The Bertz CT molecular complexity index is 294. The number of likely N-dealkylation sites (tertiary alicyclic amines) is 1. The van der Waals surface area contributed by atoms with E-state index in [1.807, 2.05) is 0 Å². The van der Waals surface area contributed by atoms with E-state index in [4.69, 9.17) is 4.74 Å². The molecule has 0 bridgehead atoms. The Morgan fingerprint density at radius 1 is 1.38 bits per heavy atom. The summed E-state index contributed by atoms with van der Waals surface area (Å²) in [7, 11) is 0. The van der Waals surface area contributed by atoms with Crippen LogP contribution in [0.15, 0.2) is 0 Å². The monoisotopic (exact) mass is 341 g/mol. The van der Waals surface area contributed by atoms with Crippen molar-refractivity contribution in [3.63, 3.8) is 0 Å². The fourth-order valence-electron chi connectivity index (χ4n) is 2.69. The molecule has 2 unspecified atom stereocenters. The number of halogens is 2. The zero-order chi connectivity index (χ0) is 13.7. The number of hydrogen-bond donors (Lipinski definition) is 2.